The molecule has 19 heavy (non-hydrogen) atoms. The monoisotopic (exact) mass is 267 g/mol. The quantitative estimate of drug-likeness (QED) is 0.867. The number of aromatic nitrogens is 3. The topological polar surface area (TPSA) is 81.1 Å². The largest absolute Gasteiger partial charge is 0.375 e. The van der Waals surface area contributed by atoms with Crippen LogP contribution in [-0.2, 0) is 11.3 Å². The molecule has 1 aliphatic rings. The fraction of sp³-hybridized carbons (Fsp3) is 0.750. The molecule has 1 aromatic rings. The summed E-state index contributed by atoms with van der Waals surface area (Å²) >= 11 is 0. The Balaban J connectivity index is 1.84. The minimum absolute atomic E-state index is 0.122. The van der Waals surface area contributed by atoms with Crippen LogP contribution in [0.5, 0.6) is 0 Å². The number of aryl methyl sites for hydroxylation is 1. The van der Waals surface area contributed by atoms with Crippen LogP contribution in [0.2, 0.25) is 0 Å². The van der Waals surface area contributed by atoms with Crippen LogP contribution in [0.1, 0.15) is 33.6 Å². The first-order valence-electron chi connectivity index (χ1n) is 6.59. The van der Waals surface area contributed by atoms with Gasteiger partial charge in [-0.05, 0) is 33.6 Å². The van der Waals surface area contributed by atoms with Crippen LogP contribution in [0.25, 0.3) is 0 Å². The van der Waals surface area contributed by atoms with Crippen molar-refractivity contribution in [3.05, 3.63) is 6.33 Å². The van der Waals surface area contributed by atoms with Crippen LogP contribution >= 0.6 is 0 Å². The number of ether oxygens (including phenoxy) is 1. The molecule has 1 aliphatic heterocycles. The van der Waals surface area contributed by atoms with Gasteiger partial charge in [-0.3, -0.25) is 10.00 Å². The Labute approximate surface area is 112 Å². The smallest absolute Gasteiger partial charge is 0.321 e. The number of hydrogen-bond acceptors (Lipinski definition) is 4. The number of nitrogens with one attached hydrogen (secondary N) is 2. The molecule has 0 radical (unpaired) electrons. The van der Waals surface area contributed by atoms with E-state index in [2.05, 4.69) is 20.7 Å². The van der Waals surface area contributed by atoms with E-state index in [4.69, 9.17) is 4.74 Å². The molecular formula is C12H21N5O2. The molecule has 0 saturated carbocycles. The lowest BCUT2D eigenvalue weighted by molar-refractivity contribution is -0.0609. The van der Waals surface area contributed by atoms with Crippen LogP contribution in [0.15, 0.2) is 6.33 Å². The van der Waals surface area contributed by atoms with Crippen molar-refractivity contribution in [2.24, 2.45) is 0 Å². The van der Waals surface area contributed by atoms with Crippen molar-refractivity contribution in [1.29, 1.82) is 0 Å². The third-order valence-electron chi connectivity index (χ3n) is 3.12. The summed E-state index contributed by atoms with van der Waals surface area (Å²) in [5.74, 6) is 0.325. The summed E-state index contributed by atoms with van der Waals surface area (Å²) < 4.78 is 7.27. The van der Waals surface area contributed by atoms with Gasteiger partial charge in [0, 0.05) is 19.2 Å². The van der Waals surface area contributed by atoms with Gasteiger partial charge in [0.05, 0.1) is 5.60 Å². The standard InChI is InChI=1S/C12H21N5O2/c1-4-17-8-13-10(16-17)15-11(18)14-9-5-6-19-12(2,3)7-9/h8-9H,4-7H2,1-3H3,(H2,14,15,16,18)/t9-/m1/s1. The predicted octanol–water partition coefficient (Wildman–Crippen LogP) is 1.38. The van der Waals surface area contributed by atoms with Crippen LogP contribution < -0.4 is 10.6 Å². The molecule has 1 fully saturated rings. The third kappa shape index (κ3) is 3.92. The van der Waals surface area contributed by atoms with Gasteiger partial charge in [-0.2, -0.15) is 0 Å². The van der Waals surface area contributed by atoms with Gasteiger partial charge in [0.25, 0.3) is 0 Å². The van der Waals surface area contributed by atoms with E-state index >= 15 is 0 Å². The zero-order valence-electron chi connectivity index (χ0n) is 11.6. The number of amides is 2. The zero-order chi connectivity index (χ0) is 13.9. The van der Waals surface area contributed by atoms with E-state index in [-0.39, 0.29) is 17.7 Å². The second-order valence-corrected chi connectivity index (χ2v) is 5.32. The molecule has 2 heterocycles. The van der Waals surface area contributed by atoms with Crippen molar-refractivity contribution in [2.45, 2.75) is 51.8 Å². The van der Waals surface area contributed by atoms with Crippen LogP contribution in [0.4, 0.5) is 10.7 Å². The lowest BCUT2D eigenvalue weighted by Crippen LogP contribution is -2.47. The summed E-state index contributed by atoms with van der Waals surface area (Å²) in [7, 11) is 0. The van der Waals surface area contributed by atoms with Gasteiger partial charge in [0.1, 0.15) is 6.33 Å². The third-order valence-corrected chi connectivity index (χ3v) is 3.12. The molecule has 0 aliphatic carbocycles. The number of urea groups is 1. The maximum Gasteiger partial charge on any atom is 0.321 e. The predicted molar refractivity (Wildman–Crippen MR) is 70.9 cm³/mol. The van der Waals surface area contributed by atoms with E-state index in [1.54, 1.807) is 11.0 Å². The number of rotatable bonds is 3. The van der Waals surface area contributed by atoms with E-state index in [9.17, 15) is 4.79 Å². The van der Waals surface area contributed by atoms with Gasteiger partial charge in [-0.15, -0.1) is 5.10 Å². The summed E-state index contributed by atoms with van der Waals surface area (Å²) in [4.78, 5) is 15.8. The lowest BCUT2D eigenvalue weighted by atomic mass is 9.94. The molecule has 7 nitrogen and oxygen atoms in total. The first kappa shape index (κ1) is 13.8. The van der Waals surface area contributed by atoms with Gasteiger partial charge >= 0.3 is 6.03 Å². The van der Waals surface area contributed by atoms with Crippen molar-refractivity contribution in [3.63, 3.8) is 0 Å². The maximum absolute atomic E-state index is 11.8. The second kappa shape index (κ2) is 5.56. The summed E-state index contributed by atoms with van der Waals surface area (Å²) in [6.07, 6.45) is 3.22. The lowest BCUT2D eigenvalue weighted by Gasteiger charge is -2.35. The van der Waals surface area contributed by atoms with E-state index in [0.29, 0.717) is 12.6 Å². The molecule has 2 N–H and O–H groups in total. The van der Waals surface area contributed by atoms with Gasteiger partial charge in [-0.1, -0.05) is 0 Å². The first-order chi connectivity index (χ1) is 8.98. The van der Waals surface area contributed by atoms with Crippen molar-refractivity contribution < 1.29 is 9.53 Å². The highest BCUT2D eigenvalue weighted by atomic mass is 16.5. The number of carbonyl (C=O) groups is 1. The fourth-order valence-corrected chi connectivity index (χ4v) is 2.18. The summed E-state index contributed by atoms with van der Waals surface area (Å²) in [5, 5.41) is 9.67. The molecular weight excluding hydrogens is 246 g/mol. The van der Waals surface area contributed by atoms with Crippen molar-refractivity contribution in [2.75, 3.05) is 11.9 Å². The molecule has 2 rings (SSSR count). The average Bonchev–Trinajstić information content (AvgIpc) is 2.75. The van der Waals surface area contributed by atoms with Gasteiger partial charge in [0.15, 0.2) is 0 Å². The Morgan fingerprint density at radius 2 is 2.42 bits per heavy atom. The van der Waals surface area contributed by atoms with Crippen LogP contribution in [-0.4, -0.2) is 39.0 Å². The van der Waals surface area contributed by atoms with Crippen LogP contribution in [0.3, 0.4) is 0 Å². The van der Waals surface area contributed by atoms with Gasteiger partial charge in [0.2, 0.25) is 5.95 Å². The molecule has 0 bridgehead atoms. The SMILES string of the molecule is CCn1cnc(NC(=O)N[C@@H]2CCOC(C)(C)C2)n1. The Hall–Kier alpha value is -1.63. The Morgan fingerprint density at radius 3 is 3.05 bits per heavy atom. The van der Waals surface area contributed by atoms with Crippen molar-refractivity contribution in [1.82, 2.24) is 20.1 Å². The normalized spacial score (nSPS) is 21.9. The number of anilines is 1. The molecule has 0 spiro atoms. The Morgan fingerprint density at radius 1 is 1.63 bits per heavy atom. The van der Waals surface area contributed by atoms with Crippen molar-refractivity contribution in [3.8, 4) is 0 Å². The Bertz CT molecular complexity index is 443. The van der Waals surface area contributed by atoms with Crippen molar-refractivity contribution >= 4 is 12.0 Å². The minimum atomic E-state index is -0.267. The molecule has 1 saturated heterocycles. The molecule has 106 valence electrons. The van der Waals surface area contributed by atoms with E-state index in [1.807, 2.05) is 20.8 Å². The highest BCUT2D eigenvalue weighted by Gasteiger charge is 2.29. The number of nitrogens with zero attached hydrogens (tertiary/aromatic N) is 3. The summed E-state index contributed by atoms with van der Waals surface area (Å²) in [5.41, 5.74) is -0.182. The van der Waals surface area contributed by atoms with Gasteiger partial charge < -0.3 is 10.1 Å². The van der Waals surface area contributed by atoms with E-state index < -0.39 is 0 Å². The summed E-state index contributed by atoms with van der Waals surface area (Å²) in [6, 6.07) is -0.145. The van der Waals surface area contributed by atoms with Gasteiger partial charge in [-0.25, -0.2) is 9.78 Å². The fourth-order valence-electron chi connectivity index (χ4n) is 2.18. The van der Waals surface area contributed by atoms with E-state index in [0.717, 1.165) is 19.4 Å². The second-order valence-electron chi connectivity index (χ2n) is 5.32. The molecule has 1 atom stereocenters. The maximum atomic E-state index is 11.8. The molecule has 0 unspecified atom stereocenters. The molecule has 0 aromatic carbocycles. The summed E-state index contributed by atoms with van der Waals surface area (Å²) in [6.45, 7) is 7.42. The molecule has 7 heteroatoms. The zero-order valence-corrected chi connectivity index (χ0v) is 11.6. The average molecular weight is 267 g/mol. The highest BCUT2D eigenvalue weighted by Crippen LogP contribution is 2.23. The first-order valence-corrected chi connectivity index (χ1v) is 6.59. The number of carbonyl (C=O) groups excluding carboxylic acids is 1. The highest BCUT2D eigenvalue weighted by molar-refractivity contribution is 5.87. The molecule has 2 amide bonds. The van der Waals surface area contributed by atoms with E-state index in [1.165, 1.54) is 0 Å². The van der Waals surface area contributed by atoms with Crippen LogP contribution in [0, 0.1) is 0 Å². The Kier molecular flexibility index (Phi) is 4.04. The number of hydrogen-bond donors (Lipinski definition) is 2. The minimum Gasteiger partial charge on any atom is -0.375 e. The molecule has 1 aromatic heterocycles.